The Morgan fingerprint density at radius 3 is 2.41 bits per heavy atom. The van der Waals surface area contributed by atoms with Gasteiger partial charge in [0.15, 0.2) is 11.5 Å². The van der Waals surface area contributed by atoms with Gasteiger partial charge >= 0.3 is 6.36 Å². The van der Waals surface area contributed by atoms with Crippen LogP contribution in [0.5, 0.6) is 28.7 Å². The van der Waals surface area contributed by atoms with Gasteiger partial charge in [-0.05, 0) is 48.9 Å². The summed E-state index contributed by atoms with van der Waals surface area (Å²) in [4.78, 5) is 28.6. The van der Waals surface area contributed by atoms with Gasteiger partial charge in [0.1, 0.15) is 34.9 Å². The van der Waals surface area contributed by atoms with E-state index >= 15 is 0 Å². The molecule has 0 bridgehead atoms. The number of halogens is 4. The van der Waals surface area contributed by atoms with Gasteiger partial charge in [0.25, 0.3) is 11.8 Å². The standard InChI is InChI=1S/C26H21F4N3O6/c1-13-7-17(37-18-8-14(27)9-18)12-22(23(13)25(35)33-15-5-6-32-19(10-15)24(31)34)38-20-4-3-16(11-21(20)36-2)39-26(28,29)30/h3-8,10-12,18H,9H2,1-2H3,(H2,31,34)(H,32,33,35). The molecule has 0 aliphatic heterocycles. The summed E-state index contributed by atoms with van der Waals surface area (Å²) in [7, 11) is 1.22. The summed E-state index contributed by atoms with van der Waals surface area (Å²) in [5.41, 5.74) is 5.83. The highest BCUT2D eigenvalue weighted by molar-refractivity contribution is 6.08. The number of carbonyl (C=O) groups is 2. The number of aromatic nitrogens is 1. The van der Waals surface area contributed by atoms with Crippen LogP contribution in [0.3, 0.4) is 0 Å². The number of ether oxygens (including phenoxy) is 4. The molecular weight excluding hydrogens is 526 g/mol. The molecular formula is C26H21F4N3O6. The minimum absolute atomic E-state index is 0.0350. The Hall–Kier alpha value is -4.81. The molecule has 0 spiro atoms. The Morgan fingerprint density at radius 2 is 1.77 bits per heavy atom. The molecule has 13 heteroatoms. The molecule has 0 radical (unpaired) electrons. The number of anilines is 1. The number of aryl methyl sites for hydroxylation is 1. The predicted octanol–water partition coefficient (Wildman–Crippen LogP) is 5.45. The zero-order chi connectivity index (χ0) is 28.3. The van der Waals surface area contributed by atoms with Crippen molar-refractivity contribution in [2.24, 2.45) is 5.73 Å². The summed E-state index contributed by atoms with van der Waals surface area (Å²) in [6.45, 7) is 1.60. The maximum Gasteiger partial charge on any atom is 0.573 e. The van der Waals surface area contributed by atoms with Crippen LogP contribution >= 0.6 is 0 Å². The molecule has 9 nitrogen and oxygen atoms in total. The molecule has 4 rings (SSSR count). The van der Waals surface area contributed by atoms with Crippen molar-refractivity contribution in [3.8, 4) is 28.7 Å². The first kappa shape index (κ1) is 27.2. The molecule has 2 amide bonds. The highest BCUT2D eigenvalue weighted by atomic mass is 19.4. The van der Waals surface area contributed by atoms with Crippen LogP contribution in [0.4, 0.5) is 23.2 Å². The van der Waals surface area contributed by atoms with E-state index in [9.17, 15) is 27.2 Å². The van der Waals surface area contributed by atoms with E-state index in [0.717, 1.165) is 12.1 Å². The number of hydrogen-bond acceptors (Lipinski definition) is 7. The molecule has 1 aliphatic rings. The summed E-state index contributed by atoms with van der Waals surface area (Å²) in [6, 6.07) is 8.82. The number of nitrogens with two attached hydrogens (primary N) is 1. The smallest absolute Gasteiger partial charge is 0.493 e. The molecule has 3 N–H and O–H groups in total. The Bertz CT molecular complexity index is 1460. The fraction of sp³-hybridized carbons (Fsp3) is 0.192. The van der Waals surface area contributed by atoms with Crippen LogP contribution in [0.1, 0.15) is 32.8 Å². The van der Waals surface area contributed by atoms with Crippen molar-refractivity contribution in [3.63, 3.8) is 0 Å². The number of primary amides is 1. The van der Waals surface area contributed by atoms with Crippen LogP contribution in [0.2, 0.25) is 0 Å². The first-order valence-corrected chi connectivity index (χ1v) is 11.3. The maximum absolute atomic E-state index is 13.3. The van der Waals surface area contributed by atoms with E-state index in [0.29, 0.717) is 5.56 Å². The Labute approximate surface area is 219 Å². The third kappa shape index (κ3) is 6.74. The first-order valence-electron chi connectivity index (χ1n) is 11.3. The fourth-order valence-electron chi connectivity index (χ4n) is 3.66. The van der Waals surface area contributed by atoms with Crippen molar-refractivity contribution >= 4 is 17.5 Å². The normalized spacial score (nSPS) is 14.5. The van der Waals surface area contributed by atoms with E-state index in [2.05, 4.69) is 15.0 Å². The minimum atomic E-state index is -4.92. The van der Waals surface area contributed by atoms with Gasteiger partial charge in [-0.1, -0.05) is 0 Å². The predicted molar refractivity (Wildman–Crippen MR) is 130 cm³/mol. The van der Waals surface area contributed by atoms with Gasteiger partial charge in [0.05, 0.1) is 12.7 Å². The molecule has 1 atom stereocenters. The average Bonchev–Trinajstić information content (AvgIpc) is 2.83. The van der Waals surface area contributed by atoms with Crippen molar-refractivity contribution < 1.29 is 46.1 Å². The van der Waals surface area contributed by atoms with E-state index in [1.165, 1.54) is 43.6 Å². The van der Waals surface area contributed by atoms with Crippen LogP contribution < -0.4 is 30.0 Å². The van der Waals surface area contributed by atoms with E-state index in [-0.39, 0.29) is 52.2 Å². The van der Waals surface area contributed by atoms with Gasteiger partial charge in [-0.2, -0.15) is 0 Å². The summed E-state index contributed by atoms with van der Waals surface area (Å²) < 4.78 is 71.9. The lowest BCUT2D eigenvalue weighted by molar-refractivity contribution is -0.274. The third-order valence-corrected chi connectivity index (χ3v) is 5.41. The number of hydrogen-bond donors (Lipinski definition) is 2. The largest absolute Gasteiger partial charge is 0.573 e. The first-order chi connectivity index (χ1) is 18.4. The van der Waals surface area contributed by atoms with Crippen molar-refractivity contribution in [1.82, 2.24) is 4.98 Å². The number of carbonyl (C=O) groups excluding carboxylic acids is 2. The van der Waals surface area contributed by atoms with Crippen LogP contribution in [-0.2, 0) is 0 Å². The zero-order valence-corrected chi connectivity index (χ0v) is 20.5. The van der Waals surface area contributed by atoms with Crippen molar-refractivity contribution in [2.75, 3.05) is 12.4 Å². The molecule has 3 aromatic rings. The highest BCUT2D eigenvalue weighted by Crippen LogP contribution is 2.40. The molecule has 1 heterocycles. The third-order valence-electron chi connectivity index (χ3n) is 5.41. The SMILES string of the molecule is COc1cc(OC(F)(F)F)ccc1Oc1cc(OC2C=C(F)C2)cc(C)c1C(=O)Nc1ccnc(C(N)=O)c1. The van der Waals surface area contributed by atoms with E-state index in [1.807, 2.05) is 0 Å². The lowest BCUT2D eigenvalue weighted by Gasteiger charge is -2.23. The molecule has 2 aromatic carbocycles. The average molecular weight is 547 g/mol. The lowest BCUT2D eigenvalue weighted by atomic mass is 10.0. The number of nitrogens with zero attached hydrogens (tertiary/aromatic N) is 1. The number of alkyl halides is 3. The van der Waals surface area contributed by atoms with Crippen LogP contribution in [0.25, 0.3) is 0 Å². The Morgan fingerprint density at radius 1 is 1.05 bits per heavy atom. The van der Waals surface area contributed by atoms with Crippen LogP contribution in [0, 0.1) is 6.92 Å². The van der Waals surface area contributed by atoms with Gasteiger partial charge in [0.2, 0.25) is 0 Å². The van der Waals surface area contributed by atoms with Crippen molar-refractivity contribution in [1.29, 1.82) is 0 Å². The lowest BCUT2D eigenvalue weighted by Crippen LogP contribution is -2.22. The maximum atomic E-state index is 13.3. The van der Waals surface area contributed by atoms with E-state index in [1.54, 1.807) is 13.0 Å². The fourth-order valence-corrected chi connectivity index (χ4v) is 3.66. The summed E-state index contributed by atoms with van der Waals surface area (Å²) in [5, 5.41) is 2.63. The Balaban J connectivity index is 1.70. The second-order valence-electron chi connectivity index (χ2n) is 8.30. The zero-order valence-electron chi connectivity index (χ0n) is 20.5. The molecule has 0 saturated carbocycles. The number of benzene rings is 2. The topological polar surface area (TPSA) is 122 Å². The number of methoxy groups -OCH3 is 1. The molecule has 1 aliphatic carbocycles. The summed E-state index contributed by atoms with van der Waals surface area (Å²) in [5.74, 6) is -2.24. The number of pyridine rings is 1. The quantitative estimate of drug-likeness (QED) is 0.342. The Kier molecular flexibility index (Phi) is 7.61. The van der Waals surface area contributed by atoms with Crippen molar-refractivity contribution in [2.45, 2.75) is 25.8 Å². The molecule has 204 valence electrons. The number of amides is 2. The summed E-state index contributed by atoms with van der Waals surface area (Å²) in [6.07, 6.45) is -2.78. The van der Waals surface area contributed by atoms with Gasteiger partial charge in [-0.15, -0.1) is 13.2 Å². The summed E-state index contributed by atoms with van der Waals surface area (Å²) >= 11 is 0. The van der Waals surface area contributed by atoms with Gasteiger partial charge in [-0.25, -0.2) is 4.39 Å². The van der Waals surface area contributed by atoms with Gasteiger partial charge < -0.3 is 30.0 Å². The van der Waals surface area contributed by atoms with Gasteiger partial charge in [-0.3, -0.25) is 14.6 Å². The second kappa shape index (κ2) is 10.9. The monoisotopic (exact) mass is 547 g/mol. The van der Waals surface area contributed by atoms with Crippen LogP contribution in [0.15, 0.2) is 60.6 Å². The molecule has 1 unspecified atom stereocenters. The van der Waals surface area contributed by atoms with E-state index in [4.69, 9.17) is 19.9 Å². The number of nitrogens with one attached hydrogen (secondary N) is 1. The van der Waals surface area contributed by atoms with E-state index < -0.39 is 30.0 Å². The number of rotatable bonds is 9. The van der Waals surface area contributed by atoms with Crippen LogP contribution in [-0.4, -0.2) is 36.4 Å². The molecule has 1 aromatic heterocycles. The highest BCUT2D eigenvalue weighted by Gasteiger charge is 2.31. The van der Waals surface area contributed by atoms with Gasteiger partial charge in [0, 0.05) is 30.4 Å². The molecule has 0 fully saturated rings. The molecule has 0 saturated heterocycles. The second-order valence-corrected chi connectivity index (χ2v) is 8.30. The van der Waals surface area contributed by atoms with Crippen molar-refractivity contribution in [3.05, 3.63) is 77.4 Å². The minimum Gasteiger partial charge on any atom is -0.493 e. The molecule has 39 heavy (non-hydrogen) atoms.